The van der Waals surface area contributed by atoms with Crippen molar-refractivity contribution >= 4 is 17.5 Å². The van der Waals surface area contributed by atoms with Gasteiger partial charge in [0.05, 0.1) is 7.11 Å². The topological polar surface area (TPSA) is 72.0 Å². The molecule has 0 aliphatic carbocycles. The molecule has 0 bridgehead atoms. The van der Waals surface area contributed by atoms with Gasteiger partial charge in [0.2, 0.25) is 5.95 Å². The third kappa shape index (κ3) is 4.42. The van der Waals surface area contributed by atoms with Crippen molar-refractivity contribution in [3.05, 3.63) is 66.6 Å². The summed E-state index contributed by atoms with van der Waals surface area (Å²) < 4.78 is 5.16. The molecule has 0 radical (unpaired) electrons. The number of rotatable bonds is 7. The fourth-order valence-corrected chi connectivity index (χ4v) is 2.21. The van der Waals surface area contributed by atoms with E-state index >= 15 is 0 Å². The SMILES string of the molecule is COc1ccc(CCNc2ccnc(Nc3ccncc3)n2)cc1. The number of nitrogens with zero attached hydrogens (tertiary/aromatic N) is 3. The van der Waals surface area contributed by atoms with Gasteiger partial charge in [0.1, 0.15) is 11.6 Å². The van der Waals surface area contributed by atoms with Gasteiger partial charge in [-0.2, -0.15) is 4.98 Å². The van der Waals surface area contributed by atoms with Crippen LogP contribution in [0.4, 0.5) is 17.5 Å². The van der Waals surface area contributed by atoms with Gasteiger partial charge < -0.3 is 15.4 Å². The maximum Gasteiger partial charge on any atom is 0.229 e. The van der Waals surface area contributed by atoms with Gasteiger partial charge in [-0.3, -0.25) is 4.98 Å². The lowest BCUT2D eigenvalue weighted by atomic mass is 10.1. The van der Waals surface area contributed by atoms with Gasteiger partial charge in [-0.1, -0.05) is 12.1 Å². The first kappa shape index (κ1) is 15.7. The Morgan fingerprint density at radius 1 is 0.958 bits per heavy atom. The van der Waals surface area contributed by atoms with Crippen LogP contribution in [0.3, 0.4) is 0 Å². The van der Waals surface area contributed by atoms with Crippen LogP contribution >= 0.6 is 0 Å². The Labute approximate surface area is 141 Å². The van der Waals surface area contributed by atoms with Crippen LogP contribution in [0.5, 0.6) is 5.75 Å². The van der Waals surface area contributed by atoms with Crippen molar-refractivity contribution in [3.63, 3.8) is 0 Å². The van der Waals surface area contributed by atoms with E-state index in [-0.39, 0.29) is 0 Å². The van der Waals surface area contributed by atoms with Crippen molar-refractivity contribution in [2.75, 3.05) is 24.3 Å². The molecule has 0 aliphatic heterocycles. The Kier molecular flexibility index (Phi) is 5.19. The first-order valence-corrected chi connectivity index (χ1v) is 7.70. The molecule has 3 rings (SSSR count). The summed E-state index contributed by atoms with van der Waals surface area (Å²) in [7, 11) is 1.67. The molecule has 0 amide bonds. The minimum Gasteiger partial charge on any atom is -0.497 e. The minimum atomic E-state index is 0.552. The van der Waals surface area contributed by atoms with Crippen LogP contribution in [0.2, 0.25) is 0 Å². The summed E-state index contributed by atoms with van der Waals surface area (Å²) in [6.07, 6.45) is 6.08. The van der Waals surface area contributed by atoms with E-state index in [0.717, 1.165) is 30.2 Å². The Morgan fingerprint density at radius 3 is 2.50 bits per heavy atom. The number of hydrogen-bond donors (Lipinski definition) is 2. The van der Waals surface area contributed by atoms with Gasteiger partial charge in [-0.25, -0.2) is 4.98 Å². The summed E-state index contributed by atoms with van der Waals surface area (Å²) in [5.41, 5.74) is 2.15. The highest BCUT2D eigenvalue weighted by molar-refractivity contribution is 5.53. The van der Waals surface area contributed by atoms with E-state index in [0.29, 0.717) is 5.95 Å². The van der Waals surface area contributed by atoms with E-state index in [4.69, 9.17) is 4.74 Å². The van der Waals surface area contributed by atoms with Crippen molar-refractivity contribution in [3.8, 4) is 5.75 Å². The summed E-state index contributed by atoms with van der Waals surface area (Å²) in [5.74, 6) is 2.21. The van der Waals surface area contributed by atoms with Gasteiger partial charge in [0, 0.05) is 30.8 Å². The summed E-state index contributed by atoms with van der Waals surface area (Å²) in [5, 5.41) is 6.46. The Balaban J connectivity index is 1.54. The van der Waals surface area contributed by atoms with Crippen LogP contribution in [0.25, 0.3) is 0 Å². The molecule has 1 aromatic carbocycles. The molecule has 24 heavy (non-hydrogen) atoms. The number of nitrogens with one attached hydrogen (secondary N) is 2. The molecule has 0 spiro atoms. The molecule has 0 atom stereocenters. The molecule has 3 aromatic rings. The monoisotopic (exact) mass is 321 g/mol. The highest BCUT2D eigenvalue weighted by Gasteiger charge is 2.00. The van der Waals surface area contributed by atoms with Crippen molar-refractivity contribution < 1.29 is 4.74 Å². The standard InChI is InChI=1S/C18H19N5O/c1-24-16-4-2-14(3-5-16)6-12-20-17-9-13-21-18(23-17)22-15-7-10-19-11-8-15/h2-5,7-11,13H,6,12H2,1H3,(H2,19,20,21,22,23). The molecule has 0 fully saturated rings. The lowest BCUT2D eigenvalue weighted by Crippen LogP contribution is -2.07. The van der Waals surface area contributed by atoms with Crippen LogP contribution in [0.1, 0.15) is 5.56 Å². The predicted octanol–water partition coefficient (Wildman–Crippen LogP) is 3.28. The number of ether oxygens (including phenoxy) is 1. The van der Waals surface area contributed by atoms with Gasteiger partial charge in [0.15, 0.2) is 0 Å². The largest absolute Gasteiger partial charge is 0.497 e. The van der Waals surface area contributed by atoms with Crippen molar-refractivity contribution in [2.45, 2.75) is 6.42 Å². The molecule has 2 N–H and O–H groups in total. The molecule has 2 heterocycles. The first-order valence-electron chi connectivity index (χ1n) is 7.70. The highest BCUT2D eigenvalue weighted by Crippen LogP contribution is 2.14. The Bertz CT molecular complexity index is 762. The summed E-state index contributed by atoms with van der Waals surface area (Å²) in [6, 6.07) is 13.7. The summed E-state index contributed by atoms with van der Waals surface area (Å²) >= 11 is 0. The lowest BCUT2D eigenvalue weighted by Gasteiger charge is -2.08. The zero-order chi connectivity index (χ0) is 16.6. The molecule has 0 saturated carbocycles. The van der Waals surface area contributed by atoms with E-state index in [1.165, 1.54) is 5.56 Å². The maximum absolute atomic E-state index is 5.16. The number of anilines is 3. The lowest BCUT2D eigenvalue weighted by molar-refractivity contribution is 0.414. The number of aromatic nitrogens is 3. The average Bonchev–Trinajstić information content (AvgIpc) is 2.63. The second-order valence-electron chi connectivity index (χ2n) is 5.15. The van der Waals surface area contributed by atoms with Gasteiger partial charge >= 0.3 is 0 Å². The van der Waals surface area contributed by atoms with Crippen LogP contribution < -0.4 is 15.4 Å². The number of hydrogen-bond acceptors (Lipinski definition) is 6. The number of benzene rings is 1. The van der Waals surface area contributed by atoms with Gasteiger partial charge in [-0.15, -0.1) is 0 Å². The van der Waals surface area contributed by atoms with E-state index in [9.17, 15) is 0 Å². The van der Waals surface area contributed by atoms with Crippen molar-refractivity contribution in [2.24, 2.45) is 0 Å². The molecular formula is C18H19N5O. The zero-order valence-corrected chi connectivity index (χ0v) is 13.4. The van der Waals surface area contributed by atoms with E-state index in [2.05, 4.69) is 37.7 Å². The average molecular weight is 321 g/mol. The summed E-state index contributed by atoms with van der Waals surface area (Å²) in [4.78, 5) is 12.7. The minimum absolute atomic E-state index is 0.552. The summed E-state index contributed by atoms with van der Waals surface area (Å²) in [6.45, 7) is 0.790. The Morgan fingerprint density at radius 2 is 1.75 bits per heavy atom. The fourth-order valence-electron chi connectivity index (χ4n) is 2.21. The van der Waals surface area contributed by atoms with Crippen LogP contribution in [0.15, 0.2) is 61.1 Å². The van der Waals surface area contributed by atoms with Crippen molar-refractivity contribution in [1.29, 1.82) is 0 Å². The second kappa shape index (κ2) is 7.92. The zero-order valence-electron chi connectivity index (χ0n) is 13.4. The highest BCUT2D eigenvalue weighted by atomic mass is 16.5. The number of methoxy groups -OCH3 is 1. The van der Waals surface area contributed by atoms with Gasteiger partial charge in [0.25, 0.3) is 0 Å². The molecule has 6 heteroatoms. The molecule has 0 unspecified atom stereocenters. The van der Waals surface area contributed by atoms with Crippen molar-refractivity contribution in [1.82, 2.24) is 15.0 Å². The van der Waals surface area contributed by atoms with E-state index in [1.54, 1.807) is 25.7 Å². The fraction of sp³-hybridized carbons (Fsp3) is 0.167. The predicted molar refractivity (Wildman–Crippen MR) is 94.7 cm³/mol. The van der Waals surface area contributed by atoms with Gasteiger partial charge in [-0.05, 0) is 42.3 Å². The van der Waals surface area contributed by atoms with E-state index in [1.807, 2.05) is 30.3 Å². The molecular weight excluding hydrogens is 302 g/mol. The molecule has 122 valence electrons. The Hall–Kier alpha value is -3.15. The molecule has 6 nitrogen and oxygen atoms in total. The van der Waals surface area contributed by atoms with Crippen LogP contribution in [0, 0.1) is 0 Å². The number of pyridine rings is 1. The molecule has 2 aromatic heterocycles. The normalized spacial score (nSPS) is 10.2. The third-order valence-electron chi connectivity index (χ3n) is 3.47. The third-order valence-corrected chi connectivity index (χ3v) is 3.47. The van der Waals surface area contributed by atoms with Crippen LogP contribution in [-0.4, -0.2) is 28.6 Å². The maximum atomic E-state index is 5.16. The second-order valence-corrected chi connectivity index (χ2v) is 5.15. The van der Waals surface area contributed by atoms with Crippen LogP contribution in [-0.2, 0) is 6.42 Å². The quantitative estimate of drug-likeness (QED) is 0.696. The van der Waals surface area contributed by atoms with E-state index < -0.39 is 0 Å². The molecule has 0 saturated heterocycles. The smallest absolute Gasteiger partial charge is 0.229 e. The molecule has 0 aliphatic rings. The first-order chi connectivity index (χ1) is 11.8.